The van der Waals surface area contributed by atoms with Crippen LogP contribution in [0.15, 0.2) is 55.0 Å². The Balaban J connectivity index is 1.41. The van der Waals surface area contributed by atoms with Gasteiger partial charge in [0.2, 0.25) is 11.8 Å². The van der Waals surface area contributed by atoms with Crippen molar-refractivity contribution in [3.63, 3.8) is 0 Å². The van der Waals surface area contributed by atoms with E-state index in [1.54, 1.807) is 18.5 Å². The van der Waals surface area contributed by atoms with E-state index in [4.69, 9.17) is 9.47 Å². The number of carbonyl (C=O) groups excluding carboxylic acids is 1. The van der Waals surface area contributed by atoms with Crippen molar-refractivity contribution in [1.82, 2.24) is 19.7 Å². The van der Waals surface area contributed by atoms with Crippen molar-refractivity contribution in [2.75, 3.05) is 13.2 Å². The lowest BCUT2D eigenvalue weighted by molar-refractivity contribution is -0.123. The minimum atomic E-state index is -0.259. The summed E-state index contributed by atoms with van der Waals surface area (Å²) in [5, 5.41) is 3.08. The standard InChI is InChI=1S/C19H20N4O3/c24-18(11-14-12-21-17-5-2-4-9-23(14)17)22-15-7-10-25-13-16(15)26-19-6-1-3-8-20-19/h1-6,8-9,12,15-16H,7,10-11,13H2,(H,22,24)/t15-,16-/m1/s1. The normalized spacial score (nSPS) is 20.0. The van der Waals surface area contributed by atoms with E-state index in [0.717, 1.165) is 11.3 Å². The van der Waals surface area contributed by atoms with Gasteiger partial charge in [0.05, 0.1) is 24.8 Å². The predicted octanol–water partition coefficient (Wildman–Crippen LogP) is 1.62. The SMILES string of the molecule is O=C(Cc1cnc2ccccn12)N[C@@H]1CCOC[C@H]1Oc1ccccn1. The second kappa shape index (κ2) is 7.53. The number of fused-ring (bicyclic) bond motifs is 1. The van der Waals surface area contributed by atoms with E-state index in [-0.39, 0.29) is 24.5 Å². The van der Waals surface area contributed by atoms with Gasteiger partial charge >= 0.3 is 0 Å². The molecule has 4 rings (SSSR count). The van der Waals surface area contributed by atoms with E-state index < -0.39 is 0 Å². The first-order valence-electron chi connectivity index (χ1n) is 8.65. The van der Waals surface area contributed by atoms with Crippen LogP contribution in [-0.4, -0.2) is 45.6 Å². The lowest BCUT2D eigenvalue weighted by Crippen LogP contribution is -2.51. The van der Waals surface area contributed by atoms with E-state index in [1.807, 2.05) is 40.9 Å². The maximum absolute atomic E-state index is 12.6. The van der Waals surface area contributed by atoms with Crippen molar-refractivity contribution in [3.05, 3.63) is 60.7 Å². The molecular formula is C19H20N4O3. The number of amides is 1. The van der Waals surface area contributed by atoms with Crippen LogP contribution < -0.4 is 10.1 Å². The van der Waals surface area contributed by atoms with Crippen LogP contribution in [0.2, 0.25) is 0 Å². The van der Waals surface area contributed by atoms with Gasteiger partial charge in [-0.1, -0.05) is 12.1 Å². The molecule has 1 N–H and O–H groups in total. The fraction of sp³-hybridized carbons (Fsp3) is 0.316. The molecule has 0 bridgehead atoms. The third-order valence-corrected chi connectivity index (χ3v) is 4.40. The van der Waals surface area contributed by atoms with E-state index >= 15 is 0 Å². The smallest absolute Gasteiger partial charge is 0.226 e. The van der Waals surface area contributed by atoms with Gasteiger partial charge < -0.3 is 19.2 Å². The monoisotopic (exact) mass is 352 g/mol. The summed E-state index contributed by atoms with van der Waals surface area (Å²) in [7, 11) is 0. The number of pyridine rings is 2. The van der Waals surface area contributed by atoms with E-state index in [1.165, 1.54) is 0 Å². The Kier molecular flexibility index (Phi) is 4.79. The van der Waals surface area contributed by atoms with Gasteiger partial charge in [0, 0.05) is 31.3 Å². The number of rotatable bonds is 5. The number of hydrogen-bond acceptors (Lipinski definition) is 5. The minimum absolute atomic E-state index is 0.0582. The van der Waals surface area contributed by atoms with Gasteiger partial charge in [-0.2, -0.15) is 0 Å². The predicted molar refractivity (Wildman–Crippen MR) is 94.9 cm³/mol. The van der Waals surface area contributed by atoms with Crippen molar-refractivity contribution >= 4 is 11.6 Å². The third-order valence-electron chi connectivity index (χ3n) is 4.40. The van der Waals surface area contributed by atoms with Crippen LogP contribution in [0.4, 0.5) is 0 Å². The molecule has 26 heavy (non-hydrogen) atoms. The first-order chi connectivity index (χ1) is 12.8. The second-order valence-electron chi connectivity index (χ2n) is 6.22. The summed E-state index contributed by atoms with van der Waals surface area (Å²) in [6, 6.07) is 11.1. The highest BCUT2D eigenvalue weighted by atomic mass is 16.5. The maximum atomic E-state index is 12.6. The molecule has 1 fully saturated rings. The van der Waals surface area contributed by atoms with Gasteiger partial charge in [-0.25, -0.2) is 9.97 Å². The Labute approximate surface area is 151 Å². The highest BCUT2D eigenvalue weighted by Gasteiger charge is 2.29. The van der Waals surface area contributed by atoms with Crippen molar-refractivity contribution in [3.8, 4) is 5.88 Å². The summed E-state index contributed by atoms with van der Waals surface area (Å²) in [6.45, 7) is 1.03. The summed E-state index contributed by atoms with van der Waals surface area (Å²) in [5.74, 6) is 0.473. The zero-order valence-corrected chi connectivity index (χ0v) is 14.2. The number of nitrogens with zero attached hydrogens (tertiary/aromatic N) is 3. The van der Waals surface area contributed by atoms with E-state index in [2.05, 4.69) is 15.3 Å². The molecule has 7 heteroatoms. The fourth-order valence-corrected chi connectivity index (χ4v) is 3.10. The van der Waals surface area contributed by atoms with Gasteiger partial charge in [0.25, 0.3) is 0 Å². The zero-order chi connectivity index (χ0) is 17.8. The minimum Gasteiger partial charge on any atom is -0.470 e. The number of aromatic nitrogens is 3. The molecule has 0 saturated carbocycles. The van der Waals surface area contributed by atoms with Crippen LogP contribution in [0.3, 0.4) is 0 Å². The molecule has 2 atom stereocenters. The number of ether oxygens (including phenoxy) is 2. The molecule has 0 radical (unpaired) electrons. The van der Waals surface area contributed by atoms with Gasteiger partial charge in [-0.15, -0.1) is 0 Å². The number of nitrogens with one attached hydrogen (secondary N) is 1. The highest BCUT2D eigenvalue weighted by Crippen LogP contribution is 2.16. The van der Waals surface area contributed by atoms with E-state index in [0.29, 0.717) is 25.5 Å². The second-order valence-corrected chi connectivity index (χ2v) is 6.22. The Bertz CT molecular complexity index is 881. The van der Waals surface area contributed by atoms with Crippen LogP contribution in [0.1, 0.15) is 12.1 Å². The maximum Gasteiger partial charge on any atom is 0.226 e. The topological polar surface area (TPSA) is 77.8 Å². The summed E-state index contributed by atoms with van der Waals surface area (Å²) >= 11 is 0. The molecule has 3 aromatic rings. The first kappa shape index (κ1) is 16.5. The fourth-order valence-electron chi connectivity index (χ4n) is 3.10. The Morgan fingerprint density at radius 3 is 3.08 bits per heavy atom. The average molecular weight is 352 g/mol. The van der Waals surface area contributed by atoms with Crippen LogP contribution in [-0.2, 0) is 16.0 Å². The molecule has 0 unspecified atom stereocenters. The lowest BCUT2D eigenvalue weighted by atomic mass is 10.1. The largest absolute Gasteiger partial charge is 0.470 e. The average Bonchev–Trinajstić information content (AvgIpc) is 3.07. The molecular weight excluding hydrogens is 332 g/mol. The molecule has 0 aromatic carbocycles. The Hall–Kier alpha value is -2.93. The third kappa shape index (κ3) is 3.67. The number of hydrogen-bond donors (Lipinski definition) is 1. The van der Waals surface area contributed by atoms with Crippen molar-refractivity contribution in [2.24, 2.45) is 0 Å². The first-order valence-corrected chi connectivity index (χ1v) is 8.65. The van der Waals surface area contributed by atoms with Crippen molar-refractivity contribution in [2.45, 2.75) is 25.0 Å². The molecule has 0 spiro atoms. The van der Waals surface area contributed by atoms with Gasteiger partial charge in [-0.05, 0) is 24.6 Å². The molecule has 4 heterocycles. The molecule has 134 valence electrons. The number of imidazole rings is 1. The quantitative estimate of drug-likeness (QED) is 0.755. The Morgan fingerprint density at radius 2 is 2.19 bits per heavy atom. The highest BCUT2D eigenvalue weighted by molar-refractivity contribution is 5.78. The number of carbonyl (C=O) groups is 1. The molecule has 1 amide bonds. The van der Waals surface area contributed by atoms with Gasteiger partial charge in [0.1, 0.15) is 11.8 Å². The summed E-state index contributed by atoms with van der Waals surface area (Å²) in [5.41, 5.74) is 1.69. The summed E-state index contributed by atoms with van der Waals surface area (Å²) in [6.07, 6.45) is 6.03. The van der Waals surface area contributed by atoms with Crippen molar-refractivity contribution in [1.29, 1.82) is 0 Å². The molecule has 3 aromatic heterocycles. The lowest BCUT2D eigenvalue weighted by Gasteiger charge is -2.32. The van der Waals surface area contributed by atoms with Gasteiger partial charge in [-0.3, -0.25) is 4.79 Å². The van der Waals surface area contributed by atoms with E-state index in [9.17, 15) is 4.79 Å². The molecule has 0 aliphatic carbocycles. The van der Waals surface area contributed by atoms with Crippen LogP contribution in [0, 0.1) is 0 Å². The molecule has 1 saturated heterocycles. The molecule has 7 nitrogen and oxygen atoms in total. The van der Waals surface area contributed by atoms with Gasteiger partial charge in [0.15, 0.2) is 0 Å². The summed E-state index contributed by atoms with van der Waals surface area (Å²) < 4.78 is 13.3. The summed E-state index contributed by atoms with van der Waals surface area (Å²) in [4.78, 5) is 21.1. The molecule has 1 aliphatic heterocycles. The molecule has 1 aliphatic rings. The van der Waals surface area contributed by atoms with Crippen LogP contribution in [0.25, 0.3) is 5.65 Å². The van der Waals surface area contributed by atoms with Crippen LogP contribution in [0.5, 0.6) is 5.88 Å². The Morgan fingerprint density at radius 1 is 1.27 bits per heavy atom. The zero-order valence-electron chi connectivity index (χ0n) is 14.2. The van der Waals surface area contributed by atoms with Crippen molar-refractivity contribution < 1.29 is 14.3 Å². The van der Waals surface area contributed by atoms with Crippen LogP contribution >= 0.6 is 0 Å².